The zero-order valence-corrected chi connectivity index (χ0v) is 15.3. The molecule has 134 valence electrons. The molecule has 1 amide bonds. The maximum absolute atomic E-state index is 12.2. The number of nitrogens with zero attached hydrogens (tertiary/aromatic N) is 2. The van der Waals surface area contributed by atoms with E-state index in [2.05, 4.69) is 43.3 Å². The van der Waals surface area contributed by atoms with Crippen molar-refractivity contribution in [2.24, 2.45) is 0 Å². The summed E-state index contributed by atoms with van der Waals surface area (Å²) >= 11 is 0. The fourth-order valence-electron chi connectivity index (χ4n) is 2.46. The highest BCUT2D eigenvalue weighted by molar-refractivity contribution is 6.02. The van der Waals surface area contributed by atoms with Gasteiger partial charge in [0.05, 0.1) is 0 Å². The predicted octanol–water partition coefficient (Wildman–Crippen LogP) is 4.47. The summed E-state index contributed by atoms with van der Waals surface area (Å²) in [5, 5.41) is 7.07. The Kier molecular flexibility index (Phi) is 5.07. The van der Waals surface area contributed by atoms with Crippen molar-refractivity contribution in [2.45, 2.75) is 32.9 Å². The Morgan fingerprint density at radius 1 is 1.04 bits per heavy atom. The SMILES string of the molecule is CC(C)(C)c1ccc(OCn2ccc(C(=O)Nc3ccccc3)n2)cc1. The highest BCUT2D eigenvalue weighted by Crippen LogP contribution is 2.24. The monoisotopic (exact) mass is 349 g/mol. The molecule has 0 saturated carbocycles. The second-order valence-corrected chi connectivity index (χ2v) is 7.11. The van der Waals surface area contributed by atoms with Crippen molar-refractivity contribution < 1.29 is 9.53 Å². The number of nitrogens with one attached hydrogen (secondary N) is 1. The zero-order valence-electron chi connectivity index (χ0n) is 15.3. The largest absolute Gasteiger partial charge is 0.471 e. The number of carbonyl (C=O) groups is 1. The number of hydrogen-bond donors (Lipinski definition) is 1. The number of anilines is 1. The van der Waals surface area contributed by atoms with Crippen LogP contribution in [0.2, 0.25) is 0 Å². The minimum atomic E-state index is -0.246. The molecule has 3 rings (SSSR count). The summed E-state index contributed by atoms with van der Waals surface area (Å²) in [6.45, 7) is 6.77. The van der Waals surface area contributed by atoms with E-state index < -0.39 is 0 Å². The molecule has 26 heavy (non-hydrogen) atoms. The van der Waals surface area contributed by atoms with Crippen LogP contribution < -0.4 is 10.1 Å². The van der Waals surface area contributed by atoms with Crippen molar-refractivity contribution in [2.75, 3.05) is 5.32 Å². The van der Waals surface area contributed by atoms with Crippen molar-refractivity contribution in [3.63, 3.8) is 0 Å². The Bertz CT molecular complexity index is 862. The molecular formula is C21H23N3O2. The molecule has 0 unspecified atom stereocenters. The van der Waals surface area contributed by atoms with Crippen molar-refractivity contribution in [1.82, 2.24) is 9.78 Å². The topological polar surface area (TPSA) is 56.1 Å². The van der Waals surface area contributed by atoms with Crippen LogP contribution in [-0.4, -0.2) is 15.7 Å². The molecule has 0 saturated heterocycles. The first-order chi connectivity index (χ1) is 12.4. The Balaban J connectivity index is 1.57. The third-order valence-corrected chi connectivity index (χ3v) is 3.99. The minimum Gasteiger partial charge on any atom is -0.471 e. The van der Waals surface area contributed by atoms with E-state index in [0.29, 0.717) is 5.69 Å². The van der Waals surface area contributed by atoms with Gasteiger partial charge in [-0.3, -0.25) is 4.79 Å². The summed E-state index contributed by atoms with van der Waals surface area (Å²) in [6, 6.07) is 19.0. The van der Waals surface area contributed by atoms with Crippen LogP contribution >= 0.6 is 0 Å². The van der Waals surface area contributed by atoms with Crippen LogP contribution in [0, 0.1) is 0 Å². The summed E-state index contributed by atoms with van der Waals surface area (Å²) in [5.41, 5.74) is 2.45. The first-order valence-electron chi connectivity index (χ1n) is 8.55. The molecular weight excluding hydrogens is 326 g/mol. The molecule has 0 aliphatic carbocycles. The van der Waals surface area contributed by atoms with E-state index in [-0.39, 0.29) is 18.1 Å². The standard InChI is InChI=1S/C21H23N3O2/c1-21(2,3)16-9-11-18(12-10-16)26-15-24-14-13-19(23-24)20(25)22-17-7-5-4-6-8-17/h4-14H,15H2,1-3H3,(H,22,25). The highest BCUT2D eigenvalue weighted by atomic mass is 16.5. The lowest BCUT2D eigenvalue weighted by Crippen LogP contribution is -2.14. The van der Waals surface area contributed by atoms with Gasteiger partial charge in [0.25, 0.3) is 5.91 Å². The maximum Gasteiger partial charge on any atom is 0.276 e. The van der Waals surface area contributed by atoms with Crippen LogP contribution in [0.3, 0.4) is 0 Å². The Morgan fingerprint density at radius 3 is 2.38 bits per heavy atom. The van der Waals surface area contributed by atoms with E-state index in [9.17, 15) is 4.79 Å². The summed E-state index contributed by atoms with van der Waals surface area (Å²) in [4.78, 5) is 12.2. The molecule has 0 bridgehead atoms. The van der Waals surface area contributed by atoms with Crippen molar-refractivity contribution >= 4 is 11.6 Å². The molecule has 5 nitrogen and oxygen atoms in total. The number of aromatic nitrogens is 2. The van der Waals surface area contributed by atoms with Crippen LogP contribution in [0.1, 0.15) is 36.8 Å². The Morgan fingerprint density at radius 2 is 1.73 bits per heavy atom. The average Bonchev–Trinajstić information content (AvgIpc) is 3.10. The number of para-hydroxylation sites is 1. The summed E-state index contributed by atoms with van der Waals surface area (Å²) in [6.07, 6.45) is 1.73. The van der Waals surface area contributed by atoms with Gasteiger partial charge < -0.3 is 10.1 Å². The molecule has 3 aromatic rings. The molecule has 0 spiro atoms. The molecule has 0 aliphatic heterocycles. The van der Waals surface area contributed by atoms with Gasteiger partial charge in [-0.05, 0) is 41.3 Å². The van der Waals surface area contributed by atoms with E-state index in [1.54, 1.807) is 16.9 Å². The molecule has 0 atom stereocenters. The van der Waals surface area contributed by atoms with Gasteiger partial charge in [0, 0.05) is 11.9 Å². The summed E-state index contributed by atoms with van der Waals surface area (Å²) in [7, 11) is 0. The van der Waals surface area contributed by atoms with Crippen LogP contribution in [-0.2, 0) is 12.1 Å². The second-order valence-electron chi connectivity index (χ2n) is 7.11. The minimum absolute atomic E-state index is 0.113. The van der Waals surface area contributed by atoms with Gasteiger partial charge >= 0.3 is 0 Å². The molecule has 0 aliphatic rings. The van der Waals surface area contributed by atoms with Gasteiger partial charge in [-0.15, -0.1) is 0 Å². The first-order valence-corrected chi connectivity index (χ1v) is 8.55. The van der Waals surface area contributed by atoms with Gasteiger partial charge in [0.15, 0.2) is 12.4 Å². The van der Waals surface area contributed by atoms with E-state index in [0.717, 1.165) is 11.4 Å². The smallest absolute Gasteiger partial charge is 0.276 e. The van der Waals surface area contributed by atoms with E-state index in [1.807, 2.05) is 42.5 Å². The molecule has 0 radical (unpaired) electrons. The van der Waals surface area contributed by atoms with Gasteiger partial charge in [-0.25, -0.2) is 4.68 Å². The van der Waals surface area contributed by atoms with Crippen LogP contribution in [0.4, 0.5) is 5.69 Å². The number of ether oxygens (including phenoxy) is 1. The number of benzene rings is 2. The van der Waals surface area contributed by atoms with Crippen molar-refractivity contribution in [1.29, 1.82) is 0 Å². The molecule has 2 aromatic carbocycles. The van der Waals surface area contributed by atoms with Gasteiger partial charge in [-0.2, -0.15) is 5.10 Å². The van der Waals surface area contributed by atoms with E-state index in [1.165, 1.54) is 5.56 Å². The quantitative estimate of drug-likeness (QED) is 0.739. The first kappa shape index (κ1) is 17.7. The van der Waals surface area contributed by atoms with E-state index >= 15 is 0 Å². The van der Waals surface area contributed by atoms with Crippen LogP contribution in [0.25, 0.3) is 0 Å². The van der Waals surface area contributed by atoms with Crippen LogP contribution in [0.5, 0.6) is 5.75 Å². The van der Waals surface area contributed by atoms with E-state index in [4.69, 9.17) is 4.74 Å². The van der Waals surface area contributed by atoms with Crippen molar-refractivity contribution in [3.8, 4) is 5.75 Å². The third kappa shape index (κ3) is 4.51. The number of hydrogen-bond acceptors (Lipinski definition) is 3. The highest BCUT2D eigenvalue weighted by Gasteiger charge is 2.13. The van der Waals surface area contributed by atoms with Crippen molar-refractivity contribution in [3.05, 3.63) is 78.1 Å². The fraction of sp³-hybridized carbons (Fsp3) is 0.238. The lowest BCUT2D eigenvalue weighted by atomic mass is 9.87. The summed E-state index contributed by atoms with van der Waals surface area (Å²) in [5.74, 6) is 0.522. The normalized spacial score (nSPS) is 11.2. The molecule has 5 heteroatoms. The Labute approximate surface area is 153 Å². The lowest BCUT2D eigenvalue weighted by molar-refractivity contribution is 0.102. The zero-order chi connectivity index (χ0) is 18.6. The average molecular weight is 349 g/mol. The van der Waals surface area contributed by atoms with Gasteiger partial charge in [-0.1, -0.05) is 51.1 Å². The maximum atomic E-state index is 12.2. The lowest BCUT2D eigenvalue weighted by Gasteiger charge is -2.19. The number of amides is 1. The van der Waals surface area contributed by atoms with Gasteiger partial charge in [0.1, 0.15) is 5.75 Å². The molecule has 1 aromatic heterocycles. The summed E-state index contributed by atoms with van der Waals surface area (Å²) < 4.78 is 7.33. The van der Waals surface area contributed by atoms with Crippen LogP contribution in [0.15, 0.2) is 66.9 Å². The molecule has 1 heterocycles. The Hall–Kier alpha value is -3.08. The second kappa shape index (κ2) is 7.44. The molecule has 0 fully saturated rings. The fourth-order valence-corrected chi connectivity index (χ4v) is 2.46. The number of rotatable bonds is 5. The predicted molar refractivity (Wildman–Crippen MR) is 102 cm³/mol. The number of carbonyl (C=O) groups excluding carboxylic acids is 1. The molecule has 1 N–H and O–H groups in total. The van der Waals surface area contributed by atoms with Gasteiger partial charge in [0.2, 0.25) is 0 Å². The third-order valence-electron chi connectivity index (χ3n) is 3.99.